The van der Waals surface area contributed by atoms with Gasteiger partial charge in [0, 0.05) is 5.92 Å². The molecule has 0 bridgehead atoms. The lowest BCUT2D eigenvalue weighted by Crippen LogP contribution is -2.27. The number of primary amides is 1. The van der Waals surface area contributed by atoms with Crippen molar-refractivity contribution in [1.29, 1.82) is 0 Å². The summed E-state index contributed by atoms with van der Waals surface area (Å²) in [6, 6.07) is 0. The number of ether oxygens (including phenoxy) is 1. The zero-order valence-corrected chi connectivity index (χ0v) is 11.4. The van der Waals surface area contributed by atoms with Crippen molar-refractivity contribution in [2.24, 2.45) is 11.7 Å². The van der Waals surface area contributed by atoms with Crippen molar-refractivity contribution in [3.8, 4) is 0 Å². The number of nitrogens with two attached hydrogens (primary N) is 1. The van der Waals surface area contributed by atoms with Gasteiger partial charge in [-0.15, -0.1) is 0 Å². The number of hydrogen-bond acceptors (Lipinski definition) is 3. The molecule has 0 aromatic carbocycles. The maximum Gasteiger partial charge on any atom is 0.405 e. The van der Waals surface area contributed by atoms with E-state index in [9.17, 15) is 9.59 Å². The third kappa shape index (κ3) is 9.85. The number of rotatable bonds is 1. The van der Waals surface area contributed by atoms with E-state index < -0.39 is 11.7 Å². The van der Waals surface area contributed by atoms with Gasteiger partial charge in [-0.1, -0.05) is 19.3 Å². The molecule has 17 heavy (non-hydrogen) atoms. The first-order chi connectivity index (χ1) is 7.72. The second kappa shape index (κ2) is 7.30. The van der Waals surface area contributed by atoms with Crippen LogP contribution in [-0.2, 0) is 9.53 Å². The highest BCUT2D eigenvalue weighted by Gasteiger charge is 2.16. The normalized spacial score (nSPS) is 16.7. The van der Waals surface area contributed by atoms with Gasteiger partial charge in [-0.3, -0.25) is 4.79 Å². The number of Topliss-reactive ketones (excluding diaryl/α,β-unsaturated/α-hetero) is 1. The number of ketones is 1. The van der Waals surface area contributed by atoms with E-state index in [1.165, 1.54) is 19.3 Å². The Kier molecular flexibility index (Phi) is 6.85. The maximum absolute atomic E-state index is 10.8. The minimum atomic E-state index is -0.725. The van der Waals surface area contributed by atoms with Crippen LogP contribution in [0, 0.1) is 5.92 Å². The molecule has 1 saturated carbocycles. The third-order valence-electron chi connectivity index (χ3n) is 2.59. The minimum absolute atomic E-state index is 0.398. The van der Waals surface area contributed by atoms with E-state index in [1.54, 1.807) is 27.7 Å². The topological polar surface area (TPSA) is 69.4 Å². The Balaban J connectivity index is 0.000000304. The second-order valence-corrected chi connectivity index (χ2v) is 5.48. The van der Waals surface area contributed by atoms with Gasteiger partial charge < -0.3 is 10.5 Å². The smallest absolute Gasteiger partial charge is 0.405 e. The van der Waals surface area contributed by atoms with Crippen molar-refractivity contribution in [2.45, 2.75) is 65.4 Å². The van der Waals surface area contributed by atoms with Gasteiger partial charge in [0.05, 0.1) is 0 Å². The van der Waals surface area contributed by atoms with Gasteiger partial charge in [0.1, 0.15) is 11.4 Å². The van der Waals surface area contributed by atoms with Crippen molar-refractivity contribution < 1.29 is 14.3 Å². The molecule has 0 radical (unpaired) electrons. The molecule has 0 saturated heterocycles. The van der Waals surface area contributed by atoms with E-state index in [4.69, 9.17) is 5.73 Å². The Hall–Kier alpha value is -1.06. The molecule has 2 N–H and O–H groups in total. The molecular weight excluding hydrogens is 218 g/mol. The molecule has 4 heteroatoms. The highest BCUT2D eigenvalue weighted by Crippen LogP contribution is 2.23. The van der Waals surface area contributed by atoms with Crippen molar-refractivity contribution in [2.75, 3.05) is 0 Å². The van der Waals surface area contributed by atoms with E-state index in [1.807, 2.05) is 0 Å². The van der Waals surface area contributed by atoms with E-state index in [0.717, 1.165) is 12.8 Å². The molecule has 100 valence electrons. The largest absolute Gasteiger partial charge is 0.444 e. The predicted octanol–water partition coefficient (Wildman–Crippen LogP) is 3.04. The summed E-state index contributed by atoms with van der Waals surface area (Å²) in [5, 5.41) is 0. The van der Waals surface area contributed by atoms with Crippen LogP contribution in [0.4, 0.5) is 4.79 Å². The fourth-order valence-electron chi connectivity index (χ4n) is 1.81. The lowest BCUT2D eigenvalue weighted by atomic mass is 9.87. The molecule has 4 nitrogen and oxygen atoms in total. The van der Waals surface area contributed by atoms with Gasteiger partial charge in [0.2, 0.25) is 0 Å². The van der Waals surface area contributed by atoms with Crippen LogP contribution in [0.15, 0.2) is 0 Å². The molecule has 0 unspecified atom stereocenters. The highest BCUT2D eigenvalue weighted by atomic mass is 16.6. The van der Waals surface area contributed by atoms with Crippen LogP contribution >= 0.6 is 0 Å². The minimum Gasteiger partial charge on any atom is -0.444 e. The van der Waals surface area contributed by atoms with Gasteiger partial charge in [-0.25, -0.2) is 4.79 Å². The summed E-state index contributed by atoms with van der Waals surface area (Å²) in [5.41, 5.74) is 4.26. The van der Waals surface area contributed by atoms with Crippen LogP contribution in [0.5, 0.6) is 0 Å². The highest BCUT2D eigenvalue weighted by molar-refractivity contribution is 5.78. The zero-order valence-electron chi connectivity index (χ0n) is 11.4. The van der Waals surface area contributed by atoms with Crippen molar-refractivity contribution >= 4 is 11.9 Å². The first kappa shape index (κ1) is 15.9. The summed E-state index contributed by atoms with van der Waals surface area (Å²) in [4.78, 5) is 20.8. The van der Waals surface area contributed by atoms with Gasteiger partial charge >= 0.3 is 6.09 Å². The van der Waals surface area contributed by atoms with E-state index in [0.29, 0.717) is 11.7 Å². The number of carbonyl (C=O) groups excluding carboxylic acids is 2. The quantitative estimate of drug-likeness (QED) is 0.769. The average molecular weight is 243 g/mol. The fourth-order valence-corrected chi connectivity index (χ4v) is 1.81. The van der Waals surface area contributed by atoms with Crippen molar-refractivity contribution in [1.82, 2.24) is 0 Å². The van der Waals surface area contributed by atoms with Crippen LogP contribution < -0.4 is 5.73 Å². The molecule has 0 heterocycles. The Bertz CT molecular complexity index is 250. The number of amides is 1. The number of carbonyl (C=O) groups is 2. The summed E-state index contributed by atoms with van der Waals surface area (Å²) in [6.45, 7) is 7.00. The molecular formula is C13H25NO3. The summed E-state index contributed by atoms with van der Waals surface area (Å²) >= 11 is 0. The van der Waals surface area contributed by atoms with Crippen molar-refractivity contribution in [3.63, 3.8) is 0 Å². The molecule has 0 aromatic heterocycles. The summed E-state index contributed by atoms with van der Waals surface area (Å²) in [7, 11) is 0. The molecule has 1 rings (SSSR count). The molecule has 0 aromatic rings. The molecule has 1 aliphatic rings. The van der Waals surface area contributed by atoms with Crippen LogP contribution in [0.25, 0.3) is 0 Å². The van der Waals surface area contributed by atoms with Gasteiger partial charge in [-0.05, 0) is 40.5 Å². The van der Waals surface area contributed by atoms with E-state index in [-0.39, 0.29) is 0 Å². The lowest BCUT2D eigenvalue weighted by Gasteiger charge is -2.17. The molecule has 1 aliphatic carbocycles. The second-order valence-electron chi connectivity index (χ2n) is 5.48. The Morgan fingerprint density at radius 1 is 1.12 bits per heavy atom. The molecule has 1 amide bonds. The van der Waals surface area contributed by atoms with Gasteiger partial charge in [0.15, 0.2) is 0 Å². The first-order valence-corrected chi connectivity index (χ1v) is 6.21. The Morgan fingerprint density at radius 3 is 1.76 bits per heavy atom. The standard InChI is InChI=1S/C8H14O.C5H11NO2/c1-7(9)8-5-3-2-4-6-8;1-5(2,3)8-4(6)7/h8H,2-6H2,1H3;1-3H3,(H2,6,7). The van der Waals surface area contributed by atoms with E-state index >= 15 is 0 Å². The fraction of sp³-hybridized carbons (Fsp3) is 0.846. The van der Waals surface area contributed by atoms with E-state index in [2.05, 4.69) is 4.74 Å². The number of hydrogen-bond donors (Lipinski definition) is 1. The molecule has 0 spiro atoms. The summed E-state index contributed by atoms with van der Waals surface area (Å²) < 4.78 is 4.58. The third-order valence-corrected chi connectivity index (χ3v) is 2.59. The lowest BCUT2D eigenvalue weighted by molar-refractivity contribution is -0.121. The maximum atomic E-state index is 10.8. The van der Waals surface area contributed by atoms with Gasteiger partial charge in [-0.2, -0.15) is 0 Å². The van der Waals surface area contributed by atoms with Crippen LogP contribution in [0.2, 0.25) is 0 Å². The predicted molar refractivity (Wildman–Crippen MR) is 67.7 cm³/mol. The zero-order chi connectivity index (χ0) is 13.5. The van der Waals surface area contributed by atoms with Crippen LogP contribution in [0.1, 0.15) is 59.8 Å². The Morgan fingerprint density at radius 2 is 1.59 bits per heavy atom. The summed E-state index contributed by atoms with van der Waals surface area (Å²) in [5.74, 6) is 0.813. The van der Waals surface area contributed by atoms with Crippen molar-refractivity contribution in [3.05, 3.63) is 0 Å². The van der Waals surface area contributed by atoms with Crippen LogP contribution in [0.3, 0.4) is 0 Å². The first-order valence-electron chi connectivity index (χ1n) is 6.21. The molecule has 0 aliphatic heterocycles. The Labute approximate surface area is 104 Å². The van der Waals surface area contributed by atoms with Crippen LogP contribution in [-0.4, -0.2) is 17.5 Å². The monoisotopic (exact) mass is 243 g/mol. The molecule has 1 fully saturated rings. The van der Waals surface area contributed by atoms with Gasteiger partial charge in [0.25, 0.3) is 0 Å². The SMILES string of the molecule is CC(=O)C1CCCCC1.CC(C)(C)OC(N)=O. The summed E-state index contributed by atoms with van der Waals surface area (Å²) in [6.07, 6.45) is 5.45. The average Bonchev–Trinajstić information content (AvgIpc) is 2.16. The molecule has 0 atom stereocenters.